The molecule has 22 heavy (non-hydrogen) atoms. The number of rotatable bonds is 8. The first-order valence-electron chi connectivity index (χ1n) is 7.66. The molecule has 0 aromatic heterocycles. The zero-order valence-corrected chi connectivity index (χ0v) is 14.6. The normalized spacial score (nSPS) is 11.7. The van der Waals surface area contributed by atoms with Gasteiger partial charge in [-0.2, -0.15) is 0 Å². The summed E-state index contributed by atoms with van der Waals surface area (Å²) >= 11 is 0. The van der Waals surface area contributed by atoms with Crippen molar-refractivity contribution in [2.45, 2.75) is 45.4 Å². The molecule has 124 valence electrons. The fourth-order valence-electron chi connectivity index (χ4n) is 1.91. The van der Waals surface area contributed by atoms with Crippen molar-refractivity contribution in [1.82, 2.24) is 10.0 Å². The highest BCUT2D eigenvalue weighted by Gasteiger charge is 2.17. The molecule has 0 bridgehead atoms. The molecule has 0 radical (unpaired) electrons. The maximum absolute atomic E-state index is 12.3. The molecule has 0 aliphatic heterocycles. The van der Waals surface area contributed by atoms with E-state index in [0.29, 0.717) is 24.6 Å². The van der Waals surface area contributed by atoms with Gasteiger partial charge < -0.3 is 5.32 Å². The number of aryl methyl sites for hydroxylation is 1. The summed E-state index contributed by atoms with van der Waals surface area (Å²) in [5.41, 5.74) is 1.16. The summed E-state index contributed by atoms with van der Waals surface area (Å²) in [5, 5.41) is 2.77. The van der Waals surface area contributed by atoms with Gasteiger partial charge in [0.1, 0.15) is 0 Å². The van der Waals surface area contributed by atoms with Crippen molar-refractivity contribution in [2.75, 3.05) is 13.1 Å². The predicted molar refractivity (Wildman–Crippen MR) is 88.4 cm³/mol. The van der Waals surface area contributed by atoms with E-state index >= 15 is 0 Å². The summed E-state index contributed by atoms with van der Waals surface area (Å²) in [6.07, 6.45) is 1.61. The SMILES string of the molecule is CCCNC(=O)c1cc(S(=O)(=O)NCCC(C)C)ccc1C. The molecule has 1 amide bonds. The molecule has 0 aliphatic rings. The van der Waals surface area contributed by atoms with Gasteiger partial charge in [0.25, 0.3) is 5.91 Å². The summed E-state index contributed by atoms with van der Waals surface area (Å²) in [6.45, 7) is 8.80. The molecule has 0 saturated carbocycles. The maximum atomic E-state index is 12.3. The van der Waals surface area contributed by atoms with E-state index in [1.807, 2.05) is 20.8 Å². The minimum Gasteiger partial charge on any atom is -0.352 e. The third kappa shape index (κ3) is 5.42. The van der Waals surface area contributed by atoms with E-state index in [1.165, 1.54) is 12.1 Å². The minimum absolute atomic E-state index is 0.128. The number of carbonyl (C=O) groups excluding carboxylic acids is 1. The summed E-state index contributed by atoms with van der Waals surface area (Å²) in [5.74, 6) is 0.190. The molecule has 1 aromatic rings. The van der Waals surface area contributed by atoms with Gasteiger partial charge in [-0.25, -0.2) is 13.1 Å². The molecular weight excluding hydrogens is 300 g/mol. The molecule has 2 N–H and O–H groups in total. The second-order valence-electron chi connectivity index (χ2n) is 5.81. The average Bonchev–Trinajstić information content (AvgIpc) is 2.44. The lowest BCUT2D eigenvalue weighted by Gasteiger charge is -2.11. The number of hydrogen-bond donors (Lipinski definition) is 2. The van der Waals surface area contributed by atoms with Crippen molar-refractivity contribution in [2.24, 2.45) is 5.92 Å². The highest BCUT2D eigenvalue weighted by atomic mass is 32.2. The van der Waals surface area contributed by atoms with E-state index in [2.05, 4.69) is 10.0 Å². The van der Waals surface area contributed by atoms with Crippen LogP contribution >= 0.6 is 0 Å². The lowest BCUT2D eigenvalue weighted by Crippen LogP contribution is -2.27. The summed E-state index contributed by atoms with van der Waals surface area (Å²) in [4.78, 5) is 12.2. The van der Waals surface area contributed by atoms with Gasteiger partial charge in [-0.15, -0.1) is 0 Å². The van der Waals surface area contributed by atoms with Crippen LogP contribution in [0.4, 0.5) is 0 Å². The first-order chi connectivity index (χ1) is 10.3. The Bertz CT molecular complexity index is 610. The molecule has 0 fully saturated rings. The number of benzene rings is 1. The van der Waals surface area contributed by atoms with Gasteiger partial charge in [0.05, 0.1) is 4.90 Å². The Morgan fingerprint density at radius 3 is 2.50 bits per heavy atom. The molecule has 0 saturated heterocycles. The van der Waals surface area contributed by atoms with Crippen LogP contribution in [-0.2, 0) is 10.0 Å². The van der Waals surface area contributed by atoms with Crippen LogP contribution in [0.3, 0.4) is 0 Å². The fraction of sp³-hybridized carbons (Fsp3) is 0.562. The third-order valence-electron chi connectivity index (χ3n) is 3.31. The molecular formula is C16H26N2O3S. The topological polar surface area (TPSA) is 75.3 Å². The second-order valence-corrected chi connectivity index (χ2v) is 7.58. The Morgan fingerprint density at radius 1 is 1.23 bits per heavy atom. The molecule has 5 nitrogen and oxygen atoms in total. The van der Waals surface area contributed by atoms with Gasteiger partial charge >= 0.3 is 0 Å². The molecule has 0 aliphatic carbocycles. The zero-order valence-electron chi connectivity index (χ0n) is 13.8. The molecule has 0 unspecified atom stereocenters. The van der Waals surface area contributed by atoms with Crippen LogP contribution in [-0.4, -0.2) is 27.4 Å². The Balaban J connectivity index is 2.94. The van der Waals surface area contributed by atoms with Crippen molar-refractivity contribution in [3.05, 3.63) is 29.3 Å². The zero-order chi connectivity index (χ0) is 16.8. The minimum atomic E-state index is -3.58. The molecule has 6 heteroatoms. The Hall–Kier alpha value is -1.40. The first kappa shape index (κ1) is 18.6. The average molecular weight is 326 g/mol. The molecule has 1 aromatic carbocycles. The Morgan fingerprint density at radius 2 is 1.91 bits per heavy atom. The summed E-state index contributed by atoms with van der Waals surface area (Å²) in [6, 6.07) is 4.64. The van der Waals surface area contributed by atoms with Gasteiger partial charge in [0.15, 0.2) is 0 Å². The lowest BCUT2D eigenvalue weighted by molar-refractivity contribution is 0.0953. The standard InChI is InChI=1S/C16H26N2O3S/c1-5-9-17-16(19)15-11-14(7-6-13(15)4)22(20,21)18-10-8-12(2)3/h6-7,11-12,18H,5,8-10H2,1-4H3,(H,17,19). The van der Waals surface area contributed by atoms with E-state index in [1.54, 1.807) is 13.0 Å². The number of carbonyl (C=O) groups is 1. The Labute approximate surface area is 133 Å². The highest BCUT2D eigenvalue weighted by Crippen LogP contribution is 2.16. The van der Waals surface area contributed by atoms with Gasteiger partial charge in [0.2, 0.25) is 10.0 Å². The summed E-state index contributed by atoms with van der Waals surface area (Å²) < 4.78 is 27.1. The fourth-order valence-corrected chi connectivity index (χ4v) is 2.99. The number of nitrogens with one attached hydrogen (secondary N) is 2. The van der Waals surface area contributed by atoms with Crippen molar-refractivity contribution in [3.8, 4) is 0 Å². The number of amides is 1. The first-order valence-corrected chi connectivity index (χ1v) is 9.14. The van der Waals surface area contributed by atoms with E-state index in [-0.39, 0.29) is 10.8 Å². The van der Waals surface area contributed by atoms with Gasteiger partial charge in [-0.05, 0) is 43.4 Å². The second kappa shape index (κ2) is 8.29. The van der Waals surface area contributed by atoms with Gasteiger partial charge in [-0.3, -0.25) is 4.79 Å². The van der Waals surface area contributed by atoms with Crippen LogP contribution in [0.15, 0.2) is 23.1 Å². The quantitative estimate of drug-likeness (QED) is 0.770. The third-order valence-corrected chi connectivity index (χ3v) is 4.77. The van der Waals surface area contributed by atoms with E-state index in [0.717, 1.165) is 18.4 Å². The number of sulfonamides is 1. The van der Waals surface area contributed by atoms with Crippen LogP contribution in [0.2, 0.25) is 0 Å². The largest absolute Gasteiger partial charge is 0.352 e. The van der Waals surface area contributed by atoms with E-state index in [9.17, 15) is 13.2 Å². The van der Waals surface area contributed by atoms with Crippen LogP contribution in [0.1, 0.15) is 49.5 Å². The van der Waals surface area contributed by atoms with Crippen LogP contribution < -0.4 is 10.0 Å². The molecule has 0 heterocycles. The molecule has 0 spiro atoms. The maximum Gasteiger partial charge on any atom is 0.251 e. The van der Waals surface area contributed by atoms with Gasteiger partial charge in [0, 0.05) is 18.7 Å². The molecule has 1 rings (SSSR count). The highest BCUT2D eigenvalue weighted by molar-refractivity contribution is 7.89. The smallest absolute Gasteiger partial charge is 0.251 e. The van der Waals surface area contributed by atoms with E-state index < -0.39 is 10.0 Å². The van der Waals surface area contributed by atoms with Crippen LogP contribution in [0.25, 0.3) is 0 Å². The van der Waals surface area contributed by atoms with Crippen molar-refractivity contribution >= 4 is 15.9 Å². The van der Waals surface area contributed by atoms with Crippen molar-refractivity contribution < 1.29 is 13.2 Å². The van der Waals surface area contributed by atoms with Crippen LogP contribution in [0, 0.1) is 12.8 Å². The van der Waals surface area contributed by atoms with Gasteiger partial charge in [-0.1, -0.05) is 26.8 Å². The molecule has 0 atom stereocenters. The van der Waals surface area contributed by atoms with E-state index in [4.69, 9.17) is 0 Å². The van der Waals surface area contributed by atoms with Crippen molar-refractivity contribution in [3.63, 3.8) is 0 Å². The lowest BCUT2D eigenvalue weighted by atomic mass is 10.1. The predicted octanol–water partition coefficient (Wildman–Crippen LogP) is 2.46. The summed E-state index contributed by atoms with van der Waals surface area (Å²) in [7, 11) is -3.58. The van der Waals surface area contributed by atoms with Crippen molar-refractivity contribution in [1.29, 1.82) is 0 Å². The monoisotopic (exact) mass is 326 g/mol. The number of hydrogen-bond acceptors (Lipinski definition) is 3. The Kier molecular flexibility index (Phi) is 7.03. The van der Waals surface area contributed by atoms with Crippen LogP contribution in [0.5, 0.6) is 0 Å².